The summed E-state index contributed by atoms with van der Waals surface area (Å²) >= 11 is 0. The van der Waals surface area contributed by atoms with Crippen LogP contribution >= 0.6 is 0 Å². The Morgan fingerprint density at radius 3 is 0.924 bits per heavy atom. The molecule has 66 heavy (non-hydrogen) atoms. The van der Waals surface area contributed by atoms with E-state index in [1.807, 2.05) is 36.8 Å². The van der Waals surface area contributed by atoms with Crippen LogP contribution in [0.1, 0.15) is 146 Å². The molecule has 3 saturated carbocycles. The van der Waals surface area contributed by atoms with Crippen molar-refractivity contribution in [2.75, 3.05) is 0 Å². The van der Waals surface area contributed by atoms with Gasteiger partial charge in [0.25, 0.3) is 0 Å². The van der Waals surface area contributed by atoms with E-state index in [0.717, 1.165) is 53.4 Å². The molecule has 9 aliphatic rings. The fourth-order valence-electron chi connectivity index (χ4n) is 15.1. The van der Waals surface area contributed by atoms with E-state index in [1.165, 1.54) is 69.3 Å². The molecule has 0 amide bonds. The van der Waals surface area contributed by atoms with E-state index >= 15 is 0 Å². The highest BCUT2D eigenvalue weighted by molar-refractivity contribution is 5.61. The van der Waals surface area contributed by atoms with E-state index in [9.17, 15) is 0 Å². The molecule has 0 saturated heterocycles. The Labute approximate surface area is 390 Å². The summed E-state index contributed by atoms with van der Waals surface area (Å²) in [7, 11) is 0. The van der Waals surface area contributed by atoms with Crippen LogP contribution in [0, 0.1) is 34.0 Å². The highest BCUT2D eigenvalue weighted by Crippen LogP contribution is 2.70. The van der Waals surface area contributed by atoms with Crippen LogP contribution in [-0.2, 0) is 19.3 Å². The maximum absolute atomic E-state index is 5.11. The van der Waals surface area contributed by atoms with Crippen molar-refractivity contribution in [3.8, 4) is 34.2 Å². The van der Waals surface area contributed by atoms with Crippen LogP contribution in [0.25, 0.3) is 34.2 Å². The number of benzene rings is 1. The summed E-state index contributed by atoms with van der Waals surface area (Å²) in [5.41, 5.74) is 19.8. The fourth-order valence-corrected chi connectivity index (χ4v) is 15.1. The molecular weight excluding hydrogens is 805 g/mol. The van der Waals surface area contributed by atoms with Crippen molar-refractivity contribution in [2.24, 2.45) is 34.0 Å². The van der Waals surface area contributed by atoms with Crippen molar-refractivity contribution in [1.82, 2.24) is 29.9 Å². The maximum Gasteiger partial charge on any atom is 0.0889 e. The van der Waals surface area contributed by atoms with Crippen LogP contribution in [0.5, 0.6) is 0 Å². The Morgan fingerprint density at radius 1 is 0.364 bits per heavy atom. The van der Waals surface area contributed by atoms with E-state index < -0.39 is 0 Å². The lowest BCUT2D eigenvalue weighted by Gasteiger charge is -2.61. The second kappa shape index (κ2) is 14.6. The van der Waals surface area contributed by atoms with E-state index in [2.05, 4.69) is 133 Å². The second-order valence-electron chi connectivity index (χ2n) is 23.0. The lowest BCUT2D eigenvalue weighted by atomic mass is 9.43. The number of aromatic nitrogens is 6. The van der Waals surface area contributed by atoms with Gasteiger partial charge in [0.2, 0.25) is 0 Å². The summed E-state index contributed by atoms with van der Waals surface area (Å²) in [4.78, 5) is 29.4. The van der Waals surface area contributed by atoms with Crippen molar-refractivity contribution < 1.29 is 0 Å². The van der Waals surface area contributed by atoms with Crippen LogP contribution < -0.4 is 0 Å². The van der Waals surface area contributed by atoms with Gasteiger partial charge >= 0.3 is 0 Å². The highest BCUT2D eigenvalue weighted by Gasteiger charge is 2.59. The molecule has 0 N–H and O–H groups in total. The average molecular weight is 865 g/mol. The van der Waals surface area contributed by atoms with Gasteiger partial charge in [0.15, 0.2) is 0 Å². The molecule has 16 rings (SSSR count). The third-order valence-electron chi connectivity index (χ3n) is 19.0. The molecule has 6 aromatic heterocycles. The summed E-state index contributed by atoms with van der Waals surface area (Å²) in [5, 5.41) is 0. The smallest absolute Gasteiger partial charge is 0.0889 e. The molecule has 7 aromatic rings. The van der Waals surface area contributed by atoms with Crippen molar-refractivity contribution >= 4 is 0 Å². The zero-order valence-electron chi connectivity index (χ0n) is 39.2. The van der Waals surface area contributed by atoms with Gasteiger partial charge in [-0.15, -0.1) is 0 Å². The fraction of sp³-hybridized carbons (Fsp3) is 0.400. The van der Waals surface area contributed by atoms with E-state index in [4.69, 9.17) is 29.9 Å². The van der Waals surface area contributed by atoms with Crippen LogP contribution in [-0.4, -0.2) is 29.9 Å². The van der Waals surface area contributed by atoms with Gasteiger partial charge in [-0.3, -0.25) is 29.9 Å². The Balaban J connectivity index is 0.897. The van der Waals surface area contributed by atoms with Gasteiger partial charge in [0.1, 0.15) is 0 Å². The molecule has 6 heteroatoms. The van der Waals surface area contributed by atoms with Gasteiger partial charge in [-0.05, 0) is 213 Å². The Morgan fingerprint density at radius 2 is 0.667 bits per heavy atom. The van der Waals surface area contributed by atoms with E-state index in [-0.39, 0.29) is 16.2 Å². The molecule has 0 spiro atoms. The summed E-state index contributed by atoms with van der Waals surface area (Å²) < 4.78 is 0. The standard InChI is InChI=1S/C60H60N6/c1-58(2)46-28-49(58)40-25-55(52-13-7-10-16-61-52)64-31-43(40)37(46)22-34-19-35(23-38-44-32-65-56(53-14-8-11-17-62-53)26-41(44)50-29-47(38)59(50,3)4)21-36(20-34)24-39-45-33-66-57(54-15-9-12-18-63-54)27-42(45)51-30-48(39)60(51,5)6/h7-21,25-27,31-33,37-39,46-51H,22-24,28-30H2,1-6H3/t37-,38-,39-,46+,47+,48+,49-,50-,51-/m0/s1. The third-order valence-corrected chi connectivity index (χ3v) is 19.0. The number of pyridine rings is 6. The van der Waals surface area contributed by atoms with Crippen molar-refractivity contribution in [2.45, 2.75) is 116 Å². The zero-order valence-corrected chi connectivity index (χ0v) is 39.2. The van der Waals surface area contributed by atoms with Gasteiger partial charge in [0.05, 0.1) is 34.2 Å². The van der Waals surface area contributed by atoms with Crippen LogP contribution in [0.3, 0.4) is 0 Å². The molecule has 3 fully saturated rings. The van der Waals surface area contributed by atoms with Crippen molar-refractivity contribution in [1.29, 1.82) is 0 Å². The predicted octanol–water partition coefficient (Wildman–Crippen LogP) is 13.5. The highest BCUT2D eigenvalue weighted by atomic mass is 14.8. The lowest BCUT2D eigenvalue weighted by molar-refractivity contribution is -0.00637. The second-order valence-corrected chi connectivity index (χ2v) is 23.0. The normalized spacial score (nSPS) is 28.4. The van der Waals surface area contributed by atoms with Crippen LogP contribution in [0.4, 0.5) is 0 Å². The molecule has 330 valence electrons. The molecule has 0 aliphatic heterocycles. The molecule has 0 radical (unpaired) electrons. The molecule has 6 heterocycles. The quantitative estimate of drug-likeness (QED) is 0.144. The first kappa shape index (κ1) is 40.4. The van der Waals surface area contributed by atoms with Crippen molar-refractivity contribution in [3.63, 3.8) is 0 Å². The monoisotopic (exact) mass is 864 g/mol. The Kier molecular flexibility index (Phi) is 8.91. The minimum atomic E-state index is 0.236. The summed E-state index contributed by atoms with van der Waals surface area (Å²) in [6, 6.07) is 33.4. The van der Waals surface area contributed by atoms with Gasteiger partial charge in [-0.2, -0.15) is 0 Å². The molecule has 0 unspecified atom stereocenters. The minimum absolute atomic E-state index is 0.236. The first-order valence-corrected chi connectivity index (χ1v) is 24.8. The summed E-state index contributed by atoms with van der Waals surface area (Å²) in [5.74, 6) is 4.80. The van der Waals surface area contributed by atoms with Gasteiger partial charge in [-0.25, -0.2) is 0 Å². The first-order chi connectivity index (χ1) is 31.9. The number of hydrogen-bond acceptors (Lipinski definition) is 6. The maximum atomic E-state index is 5.11. The third kappa shape index (κ3) is 6.04. The Bertz CT molecular complexity index is 2690. The molecule has 6 nitrogen and oxygen atoms in total. The number of hydrogen-bond donors (Lipinski definition) is 0. The van der Waals surface area contributed by atoms with Crippen LogP contribution in [0.2, 0.25) is 0 Å². The van der Waals surface area contributed by atoms with Gasteiger partial charge < -0.3 is 0 Å². The zero-order chi connectivity index (χ0) is 44.7. The first-order valence-electron chi connectivity index (χ1n) is 24.8. The molecule has 9 aliphatic carbocycles. The number of nitrogens with zero attached hydrogens (tertiary/aromatic N) is 6. The molecule has 1 aromatic carbocycles. The van der Waals surface area contributed by atoms with Gasteiger partial charge in [0, 0.05) is 37.2 Å². The number of rotatable bonds is 9. The SMILES string of the molecule is CC1(C)[C@@H]2C[C@H]1c1cc(-c3ccccn3)ncc1[C@@H]2Cc1cc(C[C@H]2c3cnc(-c4ccccn4)cc3[C@@H]3C[C@H]2C3(C)C)cc(C[C@H]2c3cnc(-c4ccccn4)cc3[C@@H]3C[C@H]2C3(C)C)c1. The molecular formula is C60H60N6. The Hall–Kier alpha value is -5.88. The van der Waals surface area contributed by atoms with Gasteiger partial charge in [-0.1, -0.05) is 77.9 Å². The predicted molar refractivity (Wildman–Crippen MR) is 262 cm³/mol. The van der Waals surface area contributed by atoms with E-state index in [0.29, 0.717) is 53.3 Å². The largest absolute Gasteiger partial charge is 0.255 e. The van der Waals surface area contributed by atoms with Crippen LogP contribution in [0.15, 0.2) is 128 Å². The summed E-state index contributed by atoms with van der Waals surface area (Å²) in [6.07, 6.45) is 19.1. The molecule has 6 bridgehead atoms. The molecule has 9 atom stereocenters. The summed E-state index contributed by atoms with van der Waals surface area (Å²) in [6.45, 7) is 15.1. The lowest BCUT2D eigenvalue weighted by Crippen LogP contribution is -2.51. The average Bonchev–Trinajstić information content (AvgIpc) is 3.33. The minimum Gasteiger partial charge on any atom is -0.255 e. The van der Waals surface area contributed by atoms with E-state index in [1.54, 1.807) is 0 Å². The topological polar surface area (TPSA) is 77.3 Å². The van der Waals surface area contributed by atoms with Crippen molar-refractivity contribution in [3.05, 3.63) is 178 Å².